The molecule has 0 aliphatic heterocycles. The van der Waals surface area contributed by atoms with E-state index < -0.39 is 0 Å². The van der Waals surface area contributed by atoms with Gasteiger partial charge in [0.05, 0.1) is 0 Å². The van der Waals surface area contributed by atoms with Crippen LogP contribution in [0.4, 0.5) is 0 Å². The van der Waals surface area contributed by atoms with Crippen LogP contribution < -0.4 is 0 Å². The molecule has 0 N–H and O–H groups in total. The molecule has 0 nitrogen and oxygen atoms in total. The van der Waals surface area contributed by atoms with E-state index in [-0.39, 0.29) is 0 Å². The van der Waals surface area contributed by atoms with Gasteiger partial charge in [-0.05, 0) is 31.6 Å². The lowest BCUT2D eigenvalue weighted by Gasteiger charge is -2.08. The molecular weight excluding hydrogens is 360 g/mol. The SMILES string of the molecule is CCCCCCCCCCCCCCCCC=CCCCCCCCC(C)CCC. The van der Waals surface area contributed by atoms with Gasteiger partial charge in [-0.15, -0.1) is 0 Å². The molecule has 0 saturated heterocycles. The van der Waals surface area contributed by atoms with Crippen LogP contribution in [0.25, 0.3) is 0 Å². The van der Waals surface area contributed by atoms with Crippen LogP contribution in [0.3, 0.4) is 0 Å². The van der Waals surface area contributed by atoms with Gasteiger partial charge in [0, 0.05) is 0 Å². The fourth-order valence-electron chi connectivity index (χ4n) is 4.61. The van der Waals surface area contributed by atoms with Gasteiger partial charge in [0.2, 0.25) is 0 Å². The molecule has 0 aliphatic carbocycles. The lowest BCUT2D eigenvalue weighted by Crippen LogP contribution is -1.93. The van der Waals surface area contributed by atoms with Crippen molar-refractivity contribution in [3.05, 3.63) is 12.2 Å². The van der Waals surface area contributed by atoms with Gasteiger partial charge < -0.3 is 0 Å². The molecule has 0 heterocycles. The maximum atomic E-state index is 2.45. The molecule has 0 aromatic rings. The van der Waals surface area contributed by atoms with Gasteiger partial charge in [0.25, 0.3) is 0 Å². The van der Waals surface area contributed by atoms with E-state index in [4.69, 9.17) is 0 Å². The first-order chi connectivity index (χ1) is 14.8. The van der Waals surface area contributed by atoms with Crippen molar-refractivity contribution in [2.75, 3.05) is 0 Å². The average Bonchev–Trinajstić information content (AvgIpc) is 2.74. The summed E-state index contributed by atoms with van der Waals surface area (Å²) in [5.41, 5.74) is 0. The Labute approximate surface area is 193 Å². The Kier molecular flexibility index (Phi) is 26.5. The minimum atomic E-state index is 0.952. The molecule has 0 aliphatic rings. The predicted molar refractivity (Wildman–Crippen MR) is 140 cm³/mol. The molecular formula is C30H60. The highest BCUT2D eigenvalue weighted by atomic mass is 14.1. The summed E-state index contributed by atoms with van der Waals surface area (Å²) >= 11 is 0. The van der Waals surface area contributed by atoms with Crippen molar-refractivity contribution >= 4 is 0 Å². The van der Waals surface area contributed by atoms with Gasteiger partial charge >= 0.3 is 0 Å². The molecule has 1 unspecified atom stereocenters. The molecule has 0 rings (SSSR count). The number of unbranched alkanes of at least 4 members (excludes halogenated alkanes) is 19. The summed E-state index contributed by atoms with van der Waals surface area (Å²) in [5.74, 6) is 0.952. The highest BCUT2D eigenvalue weighted by molar-refractivity contribution is 4.81. The van der Waals surface area contributed by atoms with Crippen LogP contribution in [0.2, 0.25) is 0 Å². The van der Waals surface area contributed by atoms with Gasteiger partial charge in [-0.1, -0.05) is 161 Å². The first-order valence-electron chi connectivity index (χ1n) is 14.5. The third kappa shape index (κ3) is 25.8. The fourth-order valence-corrected chi connectivity index (χ4v) is 4.61. The normalized spacial score (nSPS) is 12.8. The van der Waals surface area contributed by atoms with E-state index in [1.165, 1.54) is 154 Å². The first-order valence-corrected chi connectivity index (χ1v) is 14.5. The Morgan fingerprint density at radius 2 is 0.767 bits per heavy atom. The minimum absolute atomic E-state index is 0.952. The van der Waals surface area contributed by atoms with E-state index in [2.05, 4.69) is 32.9 Å². The average molecular weight is 421 g/mol. The Bertz CT molecular complexity index is 316. The molecule has 180 valence electrons. The second-order valence-electron chi connectivity index (χ2n) is 10.1. The summed E-state index contributed by atoms with van der Waals surface area (Å²) in [6, 6.07) is 0. The molecule has 0 radical (unpaired) electrons. The van der Waals surface area contributed by atoms with Crippen LogP contribution in [-0.2, 0) is 0 Å². The summed E-state index contributed by atoms with van der Waals surface area (Å²) in [6.45, 7) is 7.03. The largest absolute Gasteiger partial charge is 0.0885 e. The molecule has 0 spiro atoms. The van der Waals surface area contributed by atoms with Gasteiger partial charge in [0.15, 0.2) is 0 Å². The zero-order valence-electron chi connectivity index (χ0n) is 21.7. The maximum absolute atomic E-state index is 2.45. The van der Waals surface area contributed by atoms with E-state index in [9.17, 15) is 0 Å². The zero-order chi connectivity index (χ0) is 22.0. The summed E-state index contributed by atoms with van der Waals surface area (Å²) in [6.07, 6.45) is 39.3. The zero-order valence-corrected chi connectivity index (χ0v) is 21.7. The van der Waals surface area contributed by atoms with Crippen molar-refractivity contribution in [1.29, 1.82) is 0 Å². The molecule has 0 fully saturated rings. The molecule has 0 amide bonds. The summed E-state index contributed by atoms with van der Waals surface area (Å²) in [7, 11) is 0. The Morgan fingerprint density at radius 1 is 0.400 bits per heavy atom. The fraction of sp³-hybridized carbons (Fsp3) is 0.933. The van der Waals surface area contributed by atoms with Crippen LogP contribution in [0.15, 0.2) is 12.2 Å². The minimum Gasteiger partial charge on any atom is -0.0885 e. The highest BCUT2D eigenvalue weighted by Crippen LogP contribution is 2.16. The summed E-state index contributed by atoms with van der Waals surface area (Å²) in [4.78, 5) is 0. The van der Waals surface area contributed by atoms with Crippen LogP contribution in [0.5, 0.6) is 0 Å². The van der Waals surface area contributed by atoms with Crippen LogP contribution in [0, 0.1) is 5.92 Å². The van der Waals surface area contributed by atoms with Crippen molar-refractivity contribution < 1.29 is 0 Å². The van der Waals surface area contributed by atoms with Crippen LogP contribution in [-0.4, -0.2) is 0 Å². The van der Waals surface area contributed by atoms with Gasteiger partial charge in [0.1, 0.15) is 0 Å². The predicted octanol–water partition coefficient (Wildman–Crippen LogP) is 11.6. The third-order valence-corrected chi connectivity index (χ3v) is 6.74. The third-order valence-electron chi connectivity index (χ3n) is 6.74. The lowest BCUT2D eigenvalue weighted by atomic mass is 9.98. The van der Waals surface area contributed by atoms with E-state index >= 15 is 0 Å². The molecule has 0 aromatic carbocycles. The monoisotopic (exact) mass is 420 g/mol. The number of hydrogen-bond acceptors (Lipinski definition) is 0. The van der Waals surface area contributed by atoms with E-state index in [0.29, 0.717) is 0 Å². The van der Waals surface area contributed by atoms with Gasteiger partial charge in [-0.3, -0.25) is 0 Å². The Morgan fingerprint density at radius 3 is 1.17 bits per heavy atom. The summed E-state index contributed by atoms with van der Waals surface area (Å²) in [5, 5.41) is 0. The second kappa shape index (κ2) is 26.8. The van der Waals surface area contributed by atoms with Crippen molar-refractivity contribution in [2.45, 2.75) is 175 Å². The summed E-state index contributed by atoms with van der Waals surface area (Å²) < 4.78 is 0. The van der Waals surface area contributed by atoms with E-state index in [1.54, 1.807) is 0 Å². The lowest BCUT2D eigenvalue weighted by molar-refractivity contribution is 0.452. The molecule has 0 aromatic heterocycles. The molecule has 0 saturated carbocycles. The number of allylic oxidation sites excluding steroid dienone is 2. The van der Waals surface area contributed by atoms with Crippen LogP contribution in [0.1, 0.15) is 175 Å². The smallest absolute Gasteiger partial charge is 0.0351 e. The topological polar surface area (TPSA) is 0 Å². The molecule has 0 heteroatoms. The molecule has 0 bridgehead atoms. The van der Waals surface area contributed by atoms with Crippen LogP contribution >= 0.6 is 0 Å². The van der Waals surface area contributed by atoms with E-state index in [0.717, 1.165) is 5.92 Å². The molecule has 1 atom stereocenters. The first kappa shape index (κ1) is 29.7. The number of hydrogen-bond donors (Lipinski definition) is 0. The van der Waals surface area contributed by atoms with Gasteiger partial charge in [-0.2, -0.15) is 0 Å². The second-order valence-corrected chi connectivity index (χ2v) is 10.1. The van der Waals surface area contributed by atoms with Gasteiger partial charge in [-0.25, -0.2) is 0 Å². The van der Waals surface area contributed by atoms with Crippen molar-refractivity contribution in [3.63, 3.8) is 0 Å². The van der Waals surface area contributed by atoms with Crippen molar-refractivity contribution in [3.8, 4) is 0 Å². The Hall–Kier alpha value is -0.260. The molecule has 30 heavy (non-hydrogen) atoms. The highest BCUT2D eigenvalue weighted by Gasteiger charge is 1.99. The van der Waals surface area contributed by atoms with E-state index in [1.807, 2.05) is 0 Å². The maximum Gasteiger partial charge on any atom is -0.0351 e. The Balaban J connectivity index is 3.10. The van der Waals surface area contributed by atoms with Crippen molar-refractivity contribution in [1.82, 2.24) is 0 Å². The van der Waals surface area contributed by atoms with Crippen molar-refractivity contribution in [2.24, 2.45) is 5.92 Å². The number of rotatable bonds is 25. The standard InChI is InChI=1S/C30H60/c1-4-6-7-8-9-10-11-12-13-14-15-16-17-18-19-20-21-22-23-24-25-26-27-29-30(3)28-5-2/h20-21,30H,4-19,22-29H2,1-3H3. The quantitative estimate of drug-likeness (QED) is 0.102.